The summed E-state index contributed by atoms with van der Waals surface area (Å²) in [5.41, 5.74) is 3.94. The first-order chi connectivity index (χ1) is 9.66. The molecule has 18 heavy (non-hydrogen) atoms. The molecule has 1 fully saturated rings. The van der Waals surface area contributed by atoms with E-state index in [4.69, 9.17) is 19.7 Å². The fourth-order valence-electron chi connectivity index (χ4n) is 1.74. The summed E-state index contributed by atoms with van der Waals surface area (Å²) < 4.78 is 41.5. The normalized spacial score (nSPS) is 34.9. The molecular formula is C10H14FN3O4. The fourth-order valence-corrected chi connectivity index (χ4v) is 1.74. The van der Waals surface area contributed by atoms with Gasteiger partial charge in [0.25, 0.3) is 0 Å². The first-order valence-electron chi connectivity index (χ1n) is 6.64. The number of nitrogens with two attached hydrogens (primary N) is 1. The zero-order valence-electron chi connectivity index (χ0n) is 12.2. The van der Waals surface area contributed by atoms with Gasteiger partial charge in [-0.2, -0.15) is 4.98 Å². The first kappa shape index (κ1) is 9.42. The first-order valence-corrected chi connectivity index (χ1v) is 5.14. The number of ether oxygens (including phenoxy) is 1. The van der Waals surface area contributed by atoms with Gasteiger partial charge in [-0.15, -0.1) is 0 Å². The molecule has 8 heteroatoms. The van der Waals surface area contributed by atoms with Gasteiger partial charge in [-0.3, -0.25) is 4.57 Å². The molecule has 0 spiro atoms. The van der Waals surface area contributed by atoms with Crippen molar-refractivity contribution in [2.45, 2.75) is 31.5 Å². The molecule has 4 atom stereocenters. The van der Waals surface area contributed by atoms with Crippen LogP contribution in [-0.4, -0.2) is 44.8 Å². The van der Waals surface area contributed by atoms with Crippen LogP contribution in [0.2, 0.25) is 0 Å². The summed E-state index contributed by atoms with van der Waals surface area (Å²) >= 11 is 0. The second kappa shape index (κ2) is 4.63. The molecule has 1 aromatic heterocycles. The number of aryl methyl sites for hydroxylation is 1. The molecule has 0 saturated carbocycles. The molecule has 1 aromatic rings. The predicted molar refractivity (Wildman–Crippen MR) is 59.5 cm³/mol. The molecule has 0 aliphatic carbocycles. The van der Waals surface area contributed by atoms with Crippen molar-refractivity contribution in [1.29, 1.82) is 0 Å². The number of aliphatic hydroxyl groups is 2. The lowest BCUT2D eigenvalue weighted by Crippen LogP contribution is -2.34. The molecule has 1 aliphatic heterocycles. The molecule has 2 rings (SSSR count). The van der Waals surface area contributed by atoms with Crippen molar-refractivity contribution < 1.29 is 23.5 Å². The molecule has 0 radical (unpaired) electrons. The van der Waals surface area contributed by atoms with E-state index in [2.05, 4.69) is 4.98 Å². The molecule has 0 unspecified atom stereocenters. The van der Waals surface area contributed by atoms with Crippen LogP contribution in [0.15, 0.2) is 11.0 Å². The highest BCUT2D eigenvalue weighted by atomic mass is 19.1. The molecule has 0 amide bonds. The maximum atomic E-state index is 14.0. The Kier molecular flexibility index (Phi) is 2.43. The average molecular weight is 262 g/mol. The van der Waals surface area contributed by atoms with E-state index in [1.165, 1.54) is 0 Å². The Balaban J connectivity index is 2.48. The number of nitrogen functional groups attached to an aromatic ring is 1. The van der Waals surface area contributed by atoms with E-state index in [0.717, 1.165) is 6.20 Å². The fraction of sp³-hybridized carbons (Fsp3) is 0.600. The number of aromatic nitrogens is 2. The highest BCUT2D eigenvalue weighted by Crippen LogP contribution is 2.30. The Morgan fingerprint density at radius 1 is 1.78 bits per heavy atom. The molecule has 0 bridgehead atoms. The van der Waals surface area contributed by atoms with Crippen LogP contribution in [0.25, 0.3) is 0 Å². The SMILES string of the molecule is [2H]C([2H])([2H])c1cn([C@@H]2O[C@H](CO)[C@@H](O)[C@H]2F)c(=O)nc1N. The van der Waals surface area contributed by atoms with Crippen LogP contribution in [-0.2, 0) is 4.74 Å². The van der Waals surface area contributed by atoms with Gasteiger partial charge in [-0.1, -0.05) is 0 Å². The van der Waals surface area contributed by atoms with E-state index in [-0.39, 0.29) is 0 Å². The van der Waals surface area contributed by atoms with E-state index < -0.39 is 55.1 Å². The number of halogens is 1. The van der Waals surface area contributed by atoms with Gasteiger partial charge < -0.3 is 20.7 Å². The summed E-state index contributed by atoms with van der Waals surface area (Å²) in [4.78, 5) is 15.1. The third-order valence-electron chi connectivity index (χ3n) is 2.73. The molecule has 100 valence electrons. The number of anilines is 1. The van der Waals surface area contributed by atoms with Gasteiger partial charge >= 0.3 is 5.69 Å². The standard InChI is InChI=1S/C10H14FN3O4/c1-4-2-14(10(17)13-8(4)12)9-6(11)7(16)5(3-15)18-9/h2,5-7,9,15-16H,3H2,1H3,(H2,12,13,17)/t5-,6-,7-,9-/m1/s1/i1D3. The van der Waals surface area contributed by atoms with E-state index in [1.807, 2.05) is 0 Å². The molecule has 4 N–H and O–H groups in total. The minimum absolute atomic E-state index is 0.431. The van der Waals surface area contributed by atoms with Crippen LogP contribution < -0.4 is 11.4 Å². The van der Waals surface area contributed by atoms with Crippen LogP contribution in [0.1, 0.15) is 15.9 Å². The van der Waals surface area contributed by atoms with Crippen molar-refractivity contribution in [3.05, 3.63) is 22.2 Å². The van der Waals surface area contributed by atoms with Crippen molar-refractivity contribution in [2.75, 3.05) is 12.3 Å². The smallest absolute Gasteiger partial charge is 0.351 e. The molecule has 2 heterocycles. The Morgan fingerprint density at radius 3 is 3.06 bits per heavy atom. The van der Waals surface area contributed by atoms with Crippen molar-refractivity contribution in [2.24, 2.45) is 0 Å². The lowest BCUT2D eigenvalue weighted by Gasteiger charge is -2.16. The summed E-state index contributed by atoms with van der Waals surface area (Å²) in [5.74, 6) is -0.482. The third-order valence-corrected chi connectivity index (χ3v) is 2.73. The number of nitrogens with zero attached hydrogens (tertiary/aromatic N) is 2. The quantitative estimate of drug-likeness (QED) is 0.612. The number of rotatable bonds is 2. The third kappa shape index (κ3) is 1.98. The lowest BCUT2D eigenvalue weighted by atomic mass is 10.1. The number of hydrogen-bond acceptors (Lipinski definition) is 6. The van der Waals surface area contributed by atoms with Gasteiger partial charge in [0, 0.05) is 15.9 Å². The minimum atomic E-state index is -2.65. The van der Waals surface area contributed by atoms with E-state index in [1.54, 1.807) is 0 Å². The number of alkyl halides is 1. The number of aliphatic hydroxyl groups excluding tert-OH is 2. The average Bonchev–Trinajstić information content (AvgIpc) is 2.65. The minimum Gasteiger partial charge on any atom is -0.394 e. The summed E-state index contributed by atoms with van der Waals surface area (Å²) in [6, 6.07) is 0. The van der Waals surface area contributed by atoms with Crippen molar-refractivity contribution >= 4 is 5.82 Å². The Bertz CT molecular complexity index is 594. The zero-order valence-corrected chi connectivity index (χ0v) is 9.15. The van der Waals surface area contributed by atoms with Crippen LogP contribution in [0.4, 0.5) is 10.2 Å². The molecular weight excluding hydrogens is 245 g/mol. The largest absolute Gasteiger partial charge is 0.394 e. The Morgan fingerprint density at radius 2 is 2.50 bits per heavy atom. The summed E-state index contributed by atoms with van der Waals surface area (Å²) in [6.07, 6.45) is -5.62. The highest BCUT2D eigenvalue weighted by Gasteiger charge is 2.45. The van der Waals surface area contributed by atoms with Gasteiger partial charge in [0.1, 0.15) is 18.0 Å². The van der Waals surface area contributed by atoms with E-state index in [0.29, 0.717) is 4.57 Å². The van der Waals surface area contributed by atoms with Gasteiger partial charge in [0.2, 0.25) is 0 Å². The van der Waals surface area contributed by atoms with Crippen LogP contribution in [0.5, 0.6) is 0 Å². The van der Waals surface area contributed by atoms with Gasteiger partial charge in [0.05, 0.1) is 6.61 Å². The highest BCUT2D eigenvalue weighted by molar-refractivity contribution is 5.35. The molecule has 7 nitrogen and oxygen atoms in total. The van der Waals surface area contributed by atoms with Gasteiger partial charge in [-0.25, -0.2) is 9.18 Å². The van der Waals surface area contributed by atoms with Gasteiger partial charge in [-0.05, 0) is 6.85 Å². The predicted octanol–water partition coefficient (Wildman–Crippen LogP) is -1.28. The van der Waals surface area contributed by atoms with Crippen LogP contribution in [0.3, 0.4) is 0 Å². The summed E-state index contributed by atoms with van der Waals surface area (Å²) in [7, 11) is 0. The molecule has 0 aromatic carbocycles. The van der Waals surface area contributed by atoms with E-state index in [9.17, 15) is 14.3 Å². The topological polar surface area (TPSA) is 111 Å². The van der Waals surface area contributed by atoms with Crippen LogP contribution >= 0.6 is 0 Å². The Hall–Kier alpha value is -1.51. The van der Waals surface area contributed by atoms with Crippen molar-refractivity contribution in [3.63, 3.8) is 0 Å². The van der Waals surface area contributed by atoms with Crippen LogP contribution in [0, 0.1) is 6.85 Å². The molecule has 1 saturated heterocycles. The van der Waals surface area contributed by atoms with E-state index >= 15 is 0 Å². The summed E-state index contributed by atoms with van der Waals surface area (Å²) in [6.45, 7) is -3.30. The maximum absolute atomic E-state index is 14.0. The van der Waals surface area contributed by atoms with Gasteiger partial charge in [0.15, 0.2) is 12.4 Å². The van der Waals surface area contributed by atoms with Crippen molar-refractivity contribution in [1.82, 2.24) is 9.55 Å². The zero-order chi connectivity index (χ0) is 15.9. The molecule has 1 aliphatic rings. The summed E-state index contributed by atoms with van der Waals surface area (Å²) in [5, 5.41) is 18.5. The second-order valence-corrected chi connectivity index (χ2v) is 3.91. The number of hydrogen-bond donors (Lipinski definition) is 3. The van der Waals surface area contributed by atoms with Crippen molar-refractivity contribution in [3.8, 4) is 0 Å². The second-order valence-electron chi connectivity index (χ2n) is 3.91. The Labute approximate surface area is 106 Å². The monoisotopic (exact) mass is 262 g/mol. The maximum Gasteiger partial charge on any atom is 0.351 e. The lowest BCUT2D eigenvalue weighted by molar-refractivity contribution is -0.0491.